The molecular weight excluding hydrogens is 344 g/mol. The Labute approximate surface area is 165 Å². The van der Waals surface area contributed by atoms with E-state index in [0.717, 1.165) is 30.4 Å². The fourth-order valence-corrected chi connectivity index (χ4v) is 4.42. The molecule has 1 heterocycles. The molecule has 0 bridgehead atoms. The van der Waals surface area contributed by atoms with Gasteiger partial charge in [-0.2, -0.15) is 0 Å². The topological polar surface area (TPSA) is 30.3 Å². The second-order valence-electron chi connectivity index (χ2n) is 8.88. The number of rotatable bonds is 10. The van der Waals surface area contributed by atoms with E-state index in [9.17, 15) is 0 Å². The third-order valence-electron chi connectivity index (χ3n) is 5.67. The average Bonchev–Trinajstić information content (AvgIpc) is 2.57. The summed E-state index contributed by atoms with van der Waals surface area (Å²) in [5.41, 5.74) is 1.32. The molecule has 26 heavy (non-hydrogen) atoms. The molecule has 1 aromatic carbocycles. The van der Waals surface area contributed by atoms with Crippen LogP contribution in [0, 0.1) is 11.8 Å². The highest BCUT2D eigenvalue weighted by molar-refractivity contribution is 6.31. The van der Waals surface area contributed by atoms with E-state index in [2.05, 4.69) is 45.4 Å². The zero-order valence-electron chi connectivity index (χ0n) is 17.2. The molecule has 1 fully saturated rings. The monoisotopic (exact) mass is 382 g/mol. The van der Waals surface area contributed by atoms with Gasteiger partial charge in [0.25, 0.3) is 0 Å². The second kappa shape index (κ2) is 10.7. The van der Waals surface area contributed by atoms with Gasteiger partial charge in [0.1, 0.15) is 0 Å². The van der Waals surface area contributed by atoms with Crippen LogP contribution in [0.15, 0.2) is 24.3 Å². The summed E-state index contributed by atoms with van der Waals surface area (Å²) in [6.07, 6.45) is 5.99. The van der Waals surface area contributed by atoms with Crippen molar-refractivity contribution in [3.8, 4) is 0 Å². The number of quaternary nitrogens is 2. The number of hydrogen-bond acceptors (Lipinski definition) is 1. The van der Waals surface area contributed by atoms with E-state index >= 15 is 0 Å². The van der Waals surface area contributed by atoms with Crippen molar-refractivity contribution in [2.24, 2.45) is 11.8 Å². The minimum atomic E-state index is 0.0137. The minimum Gasteiger partial charge on any atom is -0.376 e. The van der Waals surface area contributed by atoms with Crippen molar-refractivity contribution in [2.45, 2.75) is 51.6 Å². The summed E-state index contributed by atoms with van der Waals surface area (Å²) in [4.78, 5) is 1.54. The molecule has 0 unspecified atom stereocenters. The quantitative estimate of drug-likeness (QED) is 0.597. The molecule has 1 aliphatic heterocycles. The first-order valence-corrected chi connectivity index (χ1v) is 10.7. The Kier molecular flexibility index (Phi) is 8.89. The fourth-order valence-electron chi connectivity index (χ4n) is 4.21. The predicted octanol–water partition coefficient (Wildman–Crippen LogP) is 2.19. The molecule has 0 aromatic heterocycles. The van der Waals surface area contributed by atoms with Crippen LogP contribution in [0.5, 0.6) is 0 Å². The SMILES string of the molecule is C[NH+](C)CCC[NH2+]CC[C@@H](Cc1ccccc1Cl)[C@H]1CCOC(C)(C)C1. The van der Waals surface area contributed by atoms with Gasteiger partial charge < -0.3 is 15.0 Å². The third kappa shape index (κ3) is 7.56. The van der Waals surface area contributed by atoms with Crippen molar-refractivity contribution >= 4 is 11.6 Å². The van der Waals surface area contributed by atoms with Crippen LogP contribution in [0.1, 0.15) is 45.1 Å². The first kappa shape index (κ1) is 21.7. The van der Waals surface area contributed by atoms with Crippen LogP contribution in [-0.2, 0) is 11.2 Å². The van der Waals surface area contributed by atoms with E-state index in [0.29, 0.717) is 5.92 Å². The number of halogens is 1. The number of benzene rings is 1. The van der Waals surface area contributed by atoms with Crippen LogP contribution in [0.2, 0.25) is 5.02 Å². The molecule has 0 radical (unpaired) electrons. The second-order valence-corrected chi connectivity index (χ2v) is 9.29. The fraction of sp³-hybridized carbons (Fsp3) is 0.727. The number of hydrogen-bond donors (Lipinski definition) is 2. The van der Waals surface area contributed by atoms with E-state index in [-0.39, 0.29) is 5.60 Å². The lowest BCUT2D eigenvalue weighted by atomic mass is 9.75. The average molecular weight is 383 g/mol. The van der Waals surface area contributed by atoms with Crippen molar-refractivity contribution in [3.63, 3.8) is 0 Å². The van der Waals surface area contributed by atoms with Crippen molar-refractivity contribution < 1.29 is 15.0 Å². The number of nitrogens with one attached hydrogen (secondary N) is 1. The van der Waals surface area contributed by atoms with Crippen molar-refractivity contribution in [1.29, 1.82) is 0 Å². The van der Waals surface area contributed by atoms with E-state index in [1.807, 2.05) is 12.1 Å². The van der Waals surface area contributed by atoms with Gasteiger partial charge in [0.15, 0.2) is 0 Å². The summed E-state index contributed by atoms with van der Waals surface area (Å²) in [7, 11) is 4.46. The molecule has 0 saturated carbocycles. The standard InChI is InChI=1S/C22H37ClN2O/c1-22(2)17-20(11-15-26-22)18(10-13-24-12-7-14-25(3)4)16-19-8-5-6-9-21(19)23/h5-6,8-9,18,20,24H,7,10-17H2,1-4H3/p+2/t18-,20-/m0/s1. The summed E-state index contributed by atoms with van der Waals surface area (Å²) in [5.74, 6) is 1.42. The number of ether oxygens (including phenoxy) is 1. The van der Waals surface area contributed by atoms with Crippen LogP contribution in [-0.4, -0.2) is 45.9 Å². The van der Waals surface area contributed by atoms with Gasteiger partial charge in [0.2, 0.25) is 0 Å². The molecular formula is C22H39ClN2O+2. The van der Waals surface area contributed by atoms with E-state index in [1.54, 1.807) is 4.90 Å². The Morgan fingerprint density at radius 2 is 2.04 bits per heavy atom. The normalized spacial score (nSPS) is 21.1. The molecule has 2 atom stereocenters. The maximum atomic E-state index is 6.46. The lowest BCUT2D eigenvalue weighted by Crippen LogP contribution is -3.06. The Bertz CT molecular complexity index is 533. The summed E-state index contributed by atoms with van der Waals surface area (Å²) >= 11 is 6.46. The minimum absolute atomic E-state index is 0.0137. The lowest BCUT2D eigenvalue weighted by molar-refractivity contribution is -0.860. The van der Waals surface area contributed by atoms with Gasteiger partial charge in [-0.25, -0.2) is 0 Å². The first-order valence-electron chi connectivity index (χ1n) is 10.4. The van der Waals surface area contributed by atoms with Gasteiger partial charge in [0, 0.05) is 18.1 Å². The van der Waals surface area contributed by atoms with Gasteiger partial charge in [0.05, 0.1) is 39.3 Å². The van der Waals surface area contributed by atoms with E-state index < -0.39 is 0 Å². The molecule has 0 amide bonds. The van der Waals surface area contributed by atoms with Crippen LogP contribution < -0.4 is 10.2 Å². The first-order chi connectivity index (χ1) is 12.4. The van der Waals surface area contributed by atoms with E-state index in [1.165, 1.54) is 44.5 Å². The van der Waals surface area contributed by atoms with Crippen molar-refractivity contribution in [2.75, 3.05) is 40.3 Å². The summed E-state index contributed by atoms with van der Waals surface area (Å²) < 4.78 is 5.96. The maximum absolute atomic E-state index is 6.46. The molecule has 148 valence electrons. The molecule has 1 aliphatic rings. The highest BCUT2D eigenvalue weighted by Crippen LogP contribution is 2.36. The van der Waals surface area contributed by atoms with Crippen LogP contribution in [0.4, 0.5) is 0 Å². The molecule has 4 heteroatoms. The Morgan fingerprint density at radius 3 is 2.73 bits per heavy atom. The summed E-state index contributed by atoms with van der Waals surface area (Å²) in [6.45, 7) is 9.08. The van der Waals surface area contributed by atoms with Gasteiger partial charge in [-0.1, -0.05) is 29.8 Å². The van der Waals surface area contributed by atoms with Crippen molar-refractivity contribution in [3.05, 3.63) is 34.9 Å². The van der Waals surface area contributed by atoms with Gasteiger partial charge in [-0.05, 0) is 63.0 Å². The van der Waals surface area contributed by atoms with Gasteiger partial charge in [-0.3, -0.25) is 0 Å². The number of nitrogens with two attached hydrogens (primary N) is 1. The van der Waals surface area contributed by atoms with Gasteiger partial charge >= 0.3 is 0 Å². The van der Waals surface area contributed by atoms with E-state index in [4.69, 9.17) is 16.3 Å². The van der Waals surface area contributed by atoms with Crippen LogP contribution >= 0.6 is 11.6 Å². The molecule has 2 rings (SSSR count). The highest BCUT2D eigenvalue weighted by Gasteiger charge is 2.33. The molecule has 1 aromatic rings. The molecule has 0 spiro atoms. The molecule has 0 aliphatic carbocycles. The largest absolute Gasteiger partial charge is 0.376 e. The smallest absolute Gasteiger partial charge is 0.0821 e. The Balaban J connectivity index is 1.92. The predicted molar refractivity (Wildman–Crippen MR) is 110 cm³/mol. The van der Waals surface area contributed by atoms with Crippen molar-refractivity contribution in [1.82, 2.24) is 0 Å². The molecule has 3 N–H and O–H groups in total. The van der Waals surface area contributed by atoms with Crippen LogP contribution in [0.25, 0.3) is 0 Å². The molecule has 1 saturated heterocycles. The zero-order chi connectivity index (χ0) is 19.0. The molecule has 3 nitrogen and oxygen atoms in total. The Morgan fingerprint density at radius 1 is 1.27 bits per heavy atom. The summed E-state index contributed by atoms with van der Waals surface area (Å²) in [6, 6.07) is 8.36. The lowest BCUT2D eigenvalue weighted by Gasteiger charge is -2.39. The summed E-state index contributed by atoms with van der Waals surface area (Å²) in [5, 5.41) is 3.43. The van der Waals surface area contributed by atoms with Crippen LogP contribution in [0.3, 0.4) is 0 Å². The highest BCUT2D eigenvalue weighted by atomic mass is 35.5. The third-order valence-corrected chi connectivity index (χ3v) is 6.04. The zero-order valence-corrected chi connectivity index (χ0v) is 17.9. The Hall–Kier alpha value is -0.610. The maximum Gasteiger partial charge on any atom is 0.0821 e. The van der Waals surface area contributed by atoms with Gasteiger partial charge in [-0.15, -0.1) is 0 Å².